The van der Waals surface area contributed by atoms with Gasteiger partial charge in [-0.3, -0.25) is 0 Å². The average Bonchev–Trinajstić information content (AvgIpc) is 2.41. The zero-order chi connectivity index (χ0) is 14.0. The zero-order valence-corrected chi connectivity index (χ0v) is 9.88. The number of benzene rings is 1. The lowest BCUT2D eigenvalue weighted by atomic mass is 10.2. The van der Waals surface area contributed by atoms with Crippen LogP contribution in [0.4, 0.5) is 17.6 Å². The Hall–Kier alpha value is -2.11. The van der Waals surface area contributed by atoms with E-state index in [4.69, 9.17) is 4.74 Å². The van der Waals surface area contributed by atoms with E-state index in [2.05, 4.69) is 4.98 Å². The number of nitrogens with zero attached hydrogens (tertiary/aromatic N) is 1. The van der Waals surface area contributed by atoms with E-state index in [1.165, 1.54) is 12.1 Å². The van der Waals surface area contributed by atoms with Crippen LogP contribution in [0.25, 0.3) is 0 Å². The molecule has 2 nitrogen and oxygen atoms in total. The van der Waals surface area contributed by atoms with E-state index < -0.39 is 29.3 Å². The van der Waals surface area contributed by atoms with Gasteiger partial charge in [0.05, 0.1) is 0 Å². The van der Waals surface area contributed by atoms with Crippen molar-refractivity contribution < 1.29 is 22.3 Å². The maximum absolute atomic E-state index is 13.3. The predicted molar refractivity (Wildman–Crippen MR) is 60.0 cm³/mol. The number of ether oxygens (including phenoxy) is 1. The minimum Gasteiger partial charge on any atom is -0.451 e. The Morgan fingerprint density at radius 2 is 1.68 bits per heavy atom. The quantitative estimate of drug-likeness (QED) is 0.622. The Morgan fingerprint density at radius 1 is 1.05 bits per heavy atom. The SMILES string of the molecule is CCc1cccc(Oc2c(F)c(F)nc(F)c2F)c1. The van der Waals surface area contributed by atoms with E-state index in [-0.39, 0.29) is 5.75 Å². The monoisotopic (exact) mass is 271 g/mol. The molecular formula is C13H9F4NO. The molecule has 0 atom stereocenters. The summed E-state index contributed by atoms with van der Waals surface area (Å²) in [4.78, 5) is 2.45. The third-order valence-corrected chi connectivity index (χ3v) is 2.48. The van der Waals surface area contributed by atoms with Crippen molar-refractivity contribution in [2.45, 2.75) is 13.3 Å². The van der Waals surface area contributed by atoms with Crippen LogP contribution in [0, 0.1) is 23.5 Å². The molecule has 0 aliphatic carbocycles. The van der Waals surface area contributed by atoms with Crippen LogP contribution in [-0.2, 0) is 6.42 Å². The van der Waals surface area contributed by atoms with Crippen molar-refractivity contribution in [1.29, 1.82) is 0 Å². The second-order valence-corrected chi connectivity index (χ2v) is 3.75. The van der Waals surface area contributed by atoms with Crippen LogP contribution in [0.2, 0.25) is 0 Å². The number of hydrogen-bond donors (Lipinski definition) is 0. The maximum atomic E-state index is 13.3. The molecule has 0 unspecified atom stereocenters. The highest BCUT2D eigenvalue weighted by Crippen LogP contribution is 2.29. The number of hydrogen-bond acceptors (Lipinski definition) is 2. The smallest absolute Gasteiger partial charge is 0.255 e. The third kappa shape index (κ3) is 2.67. The van der Waals surface area contributed by atoms with Crippen LogP contribution in [-0.4, -0.2) is 4.98 Å². The first-order valence-electron chi connectivity index (χ1n) is 5.49. The number of aryl methyl sites for hydroxylation is 1. The first-order valence-corrected chi connectivity index (χ1v) is 5.49. The van der Waals surface area contributed by atoms with E-state index >= 15 is 0 Å². The molecule has 0 saturated heterocycles. The lowest BCUT2D eigenvalue weighted by molar-refractivity contribution is 0.343. The molecule has 0 aliphatic heterocycles. The largest absolute Gasteiger partial charge is 0.451 e. The minimum atomic E-state index is -1.75. The molecule has 1 aromatic heterocycles. The summed E-state index contributed by atoms with van der Waals surface area (Å²) in [6.45, 7) is 1.88. The van der Waals surface area contributed by atoms with Gasteiger partial charge in [-0.1, -0.05) is 19.1 Å². The van der Waals surface area contributed by atoms with Crippen LogP contribution in [0.5, 0.6) is 11.5 Å². The van der Waals surface area contributed by atoms with Crippen molar-refractivity contribution in [2.75, 3.05) is 0 Å². The normalized spacial score (nSPS) is 10.6. The van der Waals surface area contributed by atoms with Crippen LogP contribution >= 0.6 is 0 Å². The van der Waals surface area contributed by atoms with Gasteiger partial charge in [-0.2, -0.15) is 22.5 Å². The number of halogens is 4. The van der Waals surface area contributed by atoms with Crippen molar-refractivity contribution in [3.8, 4) is 11.5 Å². The topological polar surface area (TPSA) is 22.1 Å². The molecular weight excluding hydrogens is 262 g/mol. The molecule has 0 N–H and O–H groups in total. The van der Waals surface area contributed by atoms with Gasteiger partial charge in [0, 0.05) is 0 Å². The molecule has 0 aliphatic rings. The molecule has 19 heavy (non-hydrogen) atoms. The fourth-order valence-corrected chi connectivity index (χ4v) is 1.50. The van der Waals surface area contributed by atoms with Gasteiger partial charge in [-0.15, -0.1) is 0 Å². The third-order valence-electron chi connectivity index (χ3n) is 2.48. The minimum absolute atomic E-state index is 0.0853. The summed E-state index contributed by atoms with van der Waals surface area (Å²) in [6, 6.07) is 6.34. The summed E-state index contributed by atoms with van der Waals surface area (Å²) in [5.41, 5.74) is 0.855. The van der Waals surface area contributed by atoms with Gasteiger partial charge in [-0.25, -0.2) is 0 Å². The van der Waals surface area contributed by atoms with Gasteiger partial charge < -0.3 is 4.74 Å². The van der Waals surface area contributed by atoms with Gasteiger partial charge >= 0.3 is 0 Å². The summed E-state index contributed by atoms with van der Waals surface area (Å²) in [5.74, 6) is -7.89. The molecule has 0 amide bonds. The molecule has 1 heterocycles. The van der Waals surface area contributed by atoms with Crippen LogP contribution in [0.3, 0.4) is 0 Å². The van der Waals surface area contributed by atoms with E-state index in [0.29, 0.717) is 6.42 Å². The fourth-order valence-electron chi connectivity index (χ4n) is 1.50. The molecule has 0 spiro atoms. The molecule has 0 saturated carbocycles. The predicted octanol–water partition coefficient (Wildman–Crippen LogP) is 3.99. The lowest BCUT2D eigenvalue weighted by Gasteiger charge is -2.09. The maximum Gasteiger partial charge on any atom is 0.255 e. The molecule has 6 heteroatoms. The summed E-state index contributed by atoms with van der Waals surface area (Å²) in [7, 11) is 0. The van der Waals surface area contributed by atoms with Crippen LogP contribution in [0.15, 0.2) is 24.3 Å². The molecule has 1 aromatic carbocycles. The molecule has 0 radical (unpaired) electrons. The van der Waals surface area contributed by atoms with Crippen LogP contribution in [0.1, 0.15) is 12.5 Å². The molecule has 100 valence electrons. The summed E-state index contributed by atoms with van der Waals surface area (Å²) in [5, 5.41) is 0. The molecule has 2 aromatic rings. The second kappa shape index (κ2) is 5.26. The van der Waals surface area contributed by atoms with Gasteiger partial charge in [0.15, 0.2) is 0 Å². The Bertz CT molecular complexity index is 590. The molecule has 2 rings (SSSR count). The van der Waals surface area contributed by atoms with Crippen molar-refractivity contribution in [3.05, 3.63) is 53.4 Å². The first kappa shape index (κ1) is 13.3. The molecule has 0 bridgehead atoms. The average molecular weight is 271 g/mol. The summed E-state index contributed by atoms with van der Waals surface area (Å²) < 4.78 is 57.3. The van der Waals surface area contributed by atoms with E-state index in [1.807, 2.05) is 6.92 Å². The van der Waals surface area contributed by atoms with Gasteiger partial charge in [0.25, 0.3) is 11.9 Å². The van der Waals surface area contributed by atoms with Gasteiger partial charge in [-0.05, 0) is 24.1 Å². The zero-order valence-electron chi connectivity index (χ0n) is 9.88. The van der Waals surface area contributed by atoms with Crippen LogP contribution < -0.4 is 4.74 Å². The Labute approximate surface area is 106 Å². The van der Waals surface area contributed by atoms with E-state index in [1.54, 1.807) is 12.1 Å². The van der Waals surface area contributed by atoms with E-state index in [0.717, 1.165) is 5.56 Å². The Balaban J connectivity index is 2.43. The number of rotatable bonds is 3. The highest BCUT2D eigenvalue weighted by Gasteiger charge is 2.22. The number of aromatic nitrogens is 1. The van der Waals surface area contributed by atoms with Gasteiger partial charge in [0.1, 0.15) is 5.75 Å². The summed E-state index contributed by atoms with van der Waals surface area (Å²) >= 11 is 0. The van der Waals surface area contributed by atoms with E-state index in [9.17, 15) is 17.6 Å². The van der Waals surface area contributed by atoms with Crippen molar-refractivity contribution in [3.63, 3.8) is 0 Å². The van der Waals surface area contributed by atoms with Gasteiger partial charge in [0.2, 0.25) is 17.4 Å². The van der Waals surface area contributed by atoms with Crippen molar-refractivity contribution >= 4 is 0 Å². The second-order valence-electron chi connectivity index (χ2n) is 3.75. The Kier molecular flexibility index (Phi) is 3.69. The van der Waals surface area contributed by atoms with Crippen molar-refractivity contribution in [1.82, 2.24) is 4.98 Å². The Morgan fingerprint density at radius 3 is 2.26 bits per heavy atom. The van der Waals surface area contributed by atoms with Crippen molar-refractivity contribution in [2.24, 2.45) is 0 Å². The molecule has 0 fully saturated rings. The first-order chi connectivity index (χ1) is 9.02. The summed E-state index contributed by atoms with van der Waals surface area (Å²) in [6.07, 6.45) is 0.682. The standard InChI is InChI=1S/C13H9F4NO/c1-2-7-4-3-5-8(6-7)19-11-9(14)12(16)18-13(17)10(11)15/h3-6H,2H2,1H3. The fraction of sp³-hybridized carbons (Fsp3) is 0.154. The highest BCUT2D eigenvalue weighted by molar-refractivity contribution is 5.34. The number of pyridine rings is 1. The lowest BCUT2D eigenvalue weighted by Crippen LogP contribution is -2.03. The highest BCUT2D eigenvalue weighted by atomic mass is 19.2.